The quantitative estimate of drug-likeness (QED) is 0.679. The van der Waals surface area contributed by atoms with Gasteiger partial charge in [0.05, 0.1) is 0 Å². The minimum atomic E-state index is -0.869. The molecule has 1 aromatic rings. The summed E-state index contributed by atoms with van der Waals surface area (Å²) >= 11 is 0. The van der Waals surface area contributed by atoms with Gasteiger partial charge in [0.2, 0.25) is 5.91 Å². The molecule has 2 N–H and O–H groups in total. The molecule has 0 radical (unpaired) electrons. The van der Waals surface area contributed by atoms with E-state index in [1.54, 1.807) is 6.92 Å². The van der Waals surface area contributed by atoms with Gasteiger partial charge in [-0.05, 0) is 36.5 Å². The smallest absolute Gasteiger partial charge is 0.303 e. The number of hydrogen-bond acceptors (Lipinski definition) is 2. The minimum Gasteiger partial charge on any atom is -0.481 e. The zero-order valence-electron chi connectivity index (χ0n) is 12.9. The molecule has 0 aliphatic carbocycles. The van der Waals surface area contributed by atoms with E-state index in [0.29, 0.717) is 0 Å². The maximum absolute atomic E-state index is 11.8. The molecular formula is C17H25NO3. The molecule has 21 heavy (non-hydrogen) atoms. The van der Waals surface area contributed by atoms with Crippen LogP contribution in [-0.2, 0) is 16.0 Å². The van der Waals surface area contributed by atoms with E-state index < -0.39 is 5.97 Å². The van der Waals surface area contributed by atoms with E-state index in [0.717, 1.165) is 12.1 Å². The highest BCUT2D eigenvalue weighted by Gasteiger charge is 2.12. The van der Waals surface area contributed by atoms with E-state index in [1.165, 1.54) is 24.8 Å². The number of aliphatic carboxylic acids is 1. The lowest BCUT2D eigenvalue weighted by atomic mass is 10.0. The Balaban J connectivity index is 2.40. The van der Waals surface area contributed by atoms with Crippen molar-refractivity contribution in [1.29, 1.82) is 0 Å². The fourth-order valence-electron chi connectivity index (χ4n) is 2.23. The van der Waals surface area contributed by atoms with Crippen molar-refractivity contribution in [3.8, 4) is 0 Å². The highest BCUT2D eigenvalue weighted by Crippen LogP contribution is 2.14. The second kappa shape index (κ2) is 9.16. The van der Waals surface area contributed by atoms with Crippen LogP contribution >= 0.6 is 0 Å². The molecular weight excluding hydrogens is 266 g/mol. The molecule has 0 aromatic heterocycles. The van der Waals surface area contributed by atoms with Gasteiger partial charge in [-0.15, -0.1) is 0 Å². The molecule has 0 saturated heterocycles. The first-order valence-corrected chi connectivity index (χ1v) is 7.61. The number of aryl methyl sites for hydroxylation is 1. The number of rotatable bonds is 9. The maximum atomic E-state index is 11.8. The van der Waals surface area contributed by atoms with Gasteiger partial charge in [0.1, 0.15) is 0 Å². The Morgan fingerprint density at radius 2 is 1.81 bits per heavy atom. The topological polar surface area (TPSA) is 66.4 Å². The second-order valence-corrected chi connectivity index (χ2v) is 5.61. The maximum Gasteiger partial charge on any atom is 0.303 e. The van der Waals surface area contributed by atoms with Crippen molar-refractivity contribution >= 4 is 17.6 Å². The van der Waals surface area contributed by atoms with Gasteiger partial charge in [-0.1, -0.05) is 38.8 Å². The summed E-state index contributed by atoms with van der Waals surface area (Å²) < 4.78 is 0. The number of hydrogen-bond donors (Lipinski definition) is 2. The third-order valence-electron chi connectivity index (χ3n) is 3.36. The highest BCUT2D eigenvalue weighted by molar-refractivity contribution is 5.91. The molecule has 1 unspecified atom stereocenters. The molecule has 0 heterocycles. The van der Waals surface area contributed by atoms with Gasteiger partial charge < -0.3 is 10.4 Å². The summed E-state index contributed by atoms with van der Waals surface area (Å²) in [6, 6.07) is 7.87. The van der Waals surface area contributed by atoms with E-state index in [-0.39, 0.29) is 24.7 Å². The summed E-state index contributed by atoms with van der Waals surface area (Å²) in [7, 11) is 0. The number of benzene rings is 1. The number of anilines is 1. The summed E-state index contributed by atoms with van der Waals surface area (Å²) in [5, 5.41) is 11.5. The summed E-state index contributed by atoms with van der Waals surface area (Å²) in [5.74, 6) is -1.16. The van der Waals surface area contributed by atoms with Crippen LogP contribution in [-0.4, -0.2) is 17.0 Å². The van der Waals surface area contributed by atoms with Crippen molar-refractivity contribution in [2.45, 2.75) is 52.4 Å². The predicted octanol–water partition coefficient (Wildman–Crippen LogP) is 3.86. The fraction of sp³-hybridized carbons (Fsp3) is 0.529. The van der Waals surface area contributed by atoms with Crippen molar-refractivity contribution < 1.29 is 14.7 Å². The zero-order chi connectivity index (χ0) is 15.7. The van der Waals surface area contributed by atoms with Crippen molar-refractivity contribution in [1.82, 2.24) is 0 Å². The third-order valence-corrected chi connectivity index (χ3v) is 3.36. The molecule has 4 heteroatoms. The first kappa shape index (κ1) is 17.2. The Labute approximate surface area is 126 Å². The molecule has 0 aliphatic heterocycles. The van der Waals surface area contributed by atoms with Crippen molar-refractivity contribution in [3.63, 3.8) is 0 Å². The summed E-state index contributed by atoms with van der Waals surface area (Å²) in [6.45, 7) is 3.95. The SMILES string of the molecule is CCCCCc1ccc(NC(=O)CC(C)CC(=O)O)cc1. The normalized spacial score (nSPS) is 11.9. The van der Waals surface area contributed by atoms with Crippen LogP contribution in [0.15, 0.2) is 24.3 Å². The van der Waals surface area contributed by atoms with Crippen molar-refractivity contribution in [3.05, 3.63) is 29.8 Å². The molecule has 0 spiro atoms. The van der Waals surface area contributed by atoms with Gasteiger partial charge in [-0.2, -0.15) is 0 Å². The molecule has 116 valence electrons. The molecule has 1 amide bonds. The van der Waals surface area contributed by atoms with E-state index in [1.807, 2.05) is 24.3 Å². The van der Waals surface area contributed by atoms with Gasteiger partial charge >= 0.3 is 5.97 Å². The van der Waals surface area contributed by atoms with E-state index in [2.05, 4.69) is 12.2 Å². The van der Waals surface area contributed by atoms with Crippen LogP contribution in [0.5, 0.6) is 0 Å². The first-order chi connectivity index (χ1) is 10.0. The zero-order valence-corrected chi connectivity index (χ0v) is 12.9. The summed E-state index contributed by atoms with van der Waals surface area (Å²) in [6.07, 6.45) is 4.95. The van der Waals surface area contributed by atoms with Gasteiger partial charge in [-0.25, -0.2) is 0 Å². The molecule has 1 rings (SSSR count). The number of carboxylic acid groups (broad SMARTS) is 1. The van der Waals surface area contributed by atoms with Crippen LogP contribution in [0, 0.1) is 5.92 Å². The molecule has 0 aliphatic rings. The van der Waals surface area contributed by atoms with Gasteiger partial charge in [0, 0.05) is 18.5 Å². The Bertz CT molecular complexity index is 454. The van der Waals surface area contributed by atoms with E-state index in [4.69, 9.17) is 5.11 Å². The first-order valence-electron chi connectivity index (χ1n) is 7.61. The lowest BCUT2D eigenvalue weighted by molar-refractivity contribution is -0.138. The van der Waals surface area contributed by atoms with Crippen LogP contribution in [0.3, 0.4) is 0 Å². The third kappa shape index (κ3) is 7.49. The van der Waals surface area contributed by atoms with Gasteiger partial charge in [0.25, 0.3) is 0 Å². The van der Waals surface area contributed by atoms with E-state index in [9.17, 15) is 9.59 Å². The average Bonchev–Trinajstić information content (AvgIpc) is 2.39. The summed E-state index contributed by atoms with van der Waals surface area (Å²) in [5.41, 5.74) is 2.04. The minimum absolute atomic E-state index is 0.0176. The lowest BCUT2D eigenvalue weighted by Crippen LogP contribution is -2.16. The molecule has 0 bridgehead atoms. The number of carbonyl (C=O) groups excluding carboxylic acids is 1. The molecule has 0 saturated carbocycles. The summed E-state index contributed by atoms with van der Waals surface area (Å²) in [4.78, 5) is 22.4. The monoisotopic (exact) mass is 291 g/mol. The second-order valence-electron chi connectivity index (χ2n) is 5.61. The fourth-order valence-corrected chi connectivity index (χ4v) is 2.23. The number of unbranched alkanes of at least 4 members (excludes halogenated alkanes) is 2. The van der Waals surface area contributed by atoms with Crippen LogP contribution in [0.2, 0.25) is 0 Å². The van der Waals surface area contributed by atoms with Crippen molar-refractivity contribution in [2.75, 3.05) is 5.32 Å². The van der Waals surface area contributed by atoms with Crippen LogP contribution < -0.4 is 5.32 Å². The van der Waals surface area contributed by atoms with Gasteiger partial charge in [0.15, 0.2) is 0 Å². The Hall–Kier alpha value is -1.84. The number of amides is 1. The van der Waals surface area contributed by atoms with Crippen LogP contribution in [0.1, 0.15) is 51.5 Å². The Morgan fingerprint density at radius 1 is 1.14 bits per heavy atom. The number of carbonyl (C=O) groups is 2. The molecule has 4 nitrogen and oxygen atoms in total. The standard InChI is InChI=1S/C17H25NO3/c1-3-4-5-6-14-7-9-15(10-8-14)18-16(19)11-13(2)12-17(20)21/h7-10,13H,3-6,11-12H2,1-2H3,(H,18,19)(H,20,21). The lowest BCUT2D eigenvalue weighted by Gasteiger charge is -2.10. The highest BCUT2D eigenvalue weighted by atomic mass is 16.4. The molecule has 1 atom stereocenters. The van der Waals surface area contributed by atoms with E-state index >= 15 is 0 Å². The van der Waals surface area contributed by atoms with Crippen molar-refractivity contribution in [2.24, 2.45) is 5.92 Å². The van der Waals surface area contributed by atoms with Crippen LogP contribution in [0.25, 0.3) is 0 Å². The molecule has 0 fully saturated rings. The average molecular weight is 291 g/mol. The molecule has 1 aromatic carbocycles. The largest absolute Gasteiger partial charge is 0.481 e. The number of nitrogens with one attached hydrogen (secondary N) is 1. The Kier molecular flexibility index (Phi) is 7.51. The Morgan fingerprint density at radius 3 is 2.38 bits per heavy atom. The predicted molar refractivity (Wildman–Crippen MR) is 84.3 cm³/mol. The van der Waals surface area contributed by atoms with Crippen LogP contribution in [0.4, 0.5) is 5.69 Å². The number of carboxylic acids is 1. The van der Waals surface area contributed by atoms with Gasteiger partial charge in [-0.3, -0.25) is 9.59 Å².